The Bertz CT molecular complexity index is 472. The van der Waals surface area contributed by atoms with Crippen molar-refractivity contribution < 1.29 is 50.3 Å². The van der Waals surface area contributed by atoms with Gasteiger partial charge in [0.15, 0.2) is 6.29 Å². The van der Waals surface area contributed by atoms with Gasteiger partial charge >= 0.3 is 0 Å². The van der Waals surface area contributed by atoms with E-state index in [1.165, 1.54) is 25.7 Å². The Balaban J connectivity index is 2.52. The van der Waals surface area contributed by atoms with Crippen molar-refractivity contribution in [2.75, 3.05) is 26.3 Å². The van der Waals surface area contributed by atoms with Crippen molar-refractivity contribution in [3.63, 3.8) is 0 Å². The molecular weight excluding hydrogens is 426 g/mol. The molecule has 1 fully saturated rings. The molecule has 1 heterocycles. The standard InChI is InChI=1S/C21H43NO10/c1-2-3-4-5-6-7-8-9-22-10-13(25)16(27)20(14(26)11-23)32-21-19(30)18(29)17(28)15(12-24)31-21/h13-30H,2-12H2,1H3/t13-,14+,15+,16+,17-,18-,19+,20+,21-/m0/s1. The second kappa shape index (κ2) is 16.2. The summed E-state index contributed by atoms with van der Waals surface area (Å²) in [5, 5.41) is 82.2. The van der Waals surface area contributed by atoms with Crippen LogP contribution >= 0.6 is 0 Å². The van der Waals surface area contributed by atoms with Gasteiger partial charge in [-0.2, -0.15) is 0 Å². The van der Waals surface area contributed by atoms with Gasteiger partial charge < -0.3 is 55.6 Å². The van der Waals surface area contributed by atoms with E-state index in [-0.39, 0.29) is 6.54 Å². The Kier molecular flexibility index (Phi) is 15.0. The lowest BCUT2D eigenvalue weighted by Crippen LogP contribution is -2.61. The van der Waals surface area contributed by atoms with Gasteiger partial charge in [-0.25, -0.2) is 0 Å². The van der Waals surface area contributed by atoms with Gasteiger partial charge in [0.25, 0.3) is 0 Å². The first kappa shape index (κ1) is 29.6. The van der Waals surface area contributed by atoms with Gasteiger partial charge in [0.2, 0.25) is 0 Å². The molecule has 9 N–H and O–H groups in total. The molecule has 0 unspecified atom stereocenters. The molecule has 0 aromatic heterocycles. The highest BCUT2D eigenvalue weighted by atomic mass is 16.7. The number of aliphatic hydroxyl groups excluding tert-OH is 8. The fourth-order valence-corrected chi connectivity index (χ4v) is 3.63. The minimum absolute atomic E-state index is 0.00366. The molecular formula is C21H43NO10. The molecule has 0 saturated carbocycles. The van der Waals surface area contributed by atoms with Crippen LogP contribution in [0.5, 0.6) is 0 Å². The summed E-state index contributed by atoms with van der Waals surface area (Å²) in [6.45, 7) is 1.33. The summed E-state index contributed by atoms with van der Waals surface area (Å²) in [6.07, 6.45) is -6.15. The lowest BCUT2D eigenvalue weighted by atomic mass is 9.98. The van der Waals surface area contributed by atoms with Gasteiger partial charge in [0.05, 0.1) is 19.3 Å². The minimum Gasteiger partial charge on any atom is -0.394 e. The van der Waals surface area contributed by atoms with Gasteiger partial charge in [0, 0.05) is 6.54 Å². The zero-order valence-corrected chi connectivity index (χ0v) is 18.9. The third-order valence-electron chi connectivity index (χ3n) is 5.75. The molecule has 0 radical (unpaired) electrons. The second-order valence-electron chi connectivity index (χ2n) is 8.43. The molecule has 192 valence electrons. The lowest BCUT2D eigenvalue weighted by Gasteiger charge is -2.42. The zero-order chi connectivity index (χ0) is 24.1. The largest absolute Gasteiger partial charge is 0.394 e. The van der Waals surface area contributed by atoms with Gasteiger partial charge in [-0.1, -0.05) is 45.4 Å². The van der Waals surface area contributed by atoms with Crippen LogP contribution in [0.4, 0.5) is 0 Å². The minimum atomic E-state index is -1.75. The van der Waals surface area contributed by atoms with E-state index in [1.807, 2.05) is 0 Å². The molecule has 1 aliphatic heterocycles. The summed E-state index contributed by atoms with van der Waals surface area (Å²) in [6, 6.07) is 0. The molecule has 0 amide bonds. The van der Waals surface area contributed by atoms with E-state index < -0.39 is 68.3 Å². The van der Waals surface area contributed by atoms with E-state index >= 15 is 0 Å². The highest BCUT2D eigenvalue weighted by Gasteiger charge is 2.46. The number of rotatable bonds is 17. The summed E-state index contributed by atoms with van der Waals surface area (Å²) in [4.78, 5) is 0. The maximum absolute atomic E-state index is 10.5. The van der Waals surface area contributed by atoms with E-state index in [0.717, 1.165) is 19.3 Å². The fourth-order valence-electron chi connectivity index (χ4n) is 3.63. The van der Waals surface area contributed by atoms with E-state index in [9.17, 15) is 40.9 Å². The smallest absolute Gasteiger partial charge is 0.187 e. The first-order valence-corrected chi connectivity index (χ1v) is 11.6. The summed E-state index contributed by atoms with van der Waals surface area (Å²) < 4.78 is 10.6. The van der Waals surface area contributed by atoms with Crippen LogP contribution in [0, 0.1) is 0 Å². The molecule has 11 heteroatoms. The van der Waals surface area contributed by atoms with Crippen molar-refractivity contribution in [3.05, 3.63) is 0 Å². The third-order valence-corrected chi connectivity index (χ3v) is 5.75. The molecule has 0 aromatic carbocycles. The van der Waals surface area contributed by atoms with Gasteiger partial charge in [-0.3, -0.25) is 0 Å². The highest BCUT2D eigenvalue weighted by Crippen LogP contribution is 2.25. The van der Waals surface area contributed by atoms with Gasteiger partial charge in [-0.05, 0) is 13.0 Å². The Hall–Kier alpha value is -0.440. The number of hydrogen-bond acceptors (Lipinski definition) is 11. The fraction of sp³-hybridized carbons (Fsp3) is 1.00. The molecule has 32 heavy (non-hydrogen) atoms. The maximum Gasteiger partial charge on any atom is 0.187 e. The molecule has 0 aromatic rings. The number of ether oxygens (including phenoxy) is 2. The van der Waals surface area contributed by atoms with Crippen LogP contribution in [-0.2, 0) is 9.47 Å². The lowest BCUT2D eigenvalue weighted by molar-refractivity contribution is -0.327. The molecule has 0 spiro atoms. The predicted octanol–water partition coefficient (Wildman–Crippen LogP) is -2.41. The Labute approximate surface area is 189 Å². The van der Waals surface area contributed by atoms with Crippen LogP contribution in [0.25, 0.3) is 0 Å². The molecule has 1 aliphatic rings. The second-order valence-corrected chi connectivity index (χ2v) is 8.43. The number of aliphatic hydroxyl groups is 8. The first-order chi connectivity index (χ1) is 15.3. The first-order valence-electron chi connectivity index (χ1n) is 11.6. The molecule has 11 nitrogen and oxygen atoms in total. The van der Waals surface area contributed by atoms with Crippen molar-refractivity contribution in [1.29, 1.82) is 0 Å². The molecule has 1 saturated heterocycles. The van der Waals surface area contributed by atoms with Crippen LogP contribution in [0.15, 0.2) is 0 Å². The van der Waals surface area contributed by atoms with Crippen LogP contribution < -0.4 is 5.32 Å². The highest BCUT2D eigenvalue weighted by molar-refractivity contribution is 4.91. The molecule has 9 atom stereocenters. The quantitative estimate of drug-likeness (QED) is 0.103. The van der Waals surface area contributed by atoms with E-state index in [4.69, 9.17) is 9.47 Å². The number of hydrogen-bond donors (Lipinski definition) is 9. The van der Waals surface area contributed by atoms with Crippen LogP contribution in [0.1, 0.15) is 51.9 Å². The average molecular weight is 470 g/mol. The van der Waals surface area contributed by atoms with Gasteiger partial charge in [-0.15, -0.1) is 0 Å². The maximum atomic E-state index is 10.5. The van der Waals surface area contributed by atoms with Crippen molar-refractivity contribution in [2.24, 2.45) is 0 Å². The summed E-state index contributed by atoms with van der Waals surface area (Å²) >= 11 is 0. The van der Waals surface area contributed by atoms with Crippen molar-refractivity contribution in [3.8, 4) is 0 Å². The normalized spacial score (nSPS) is 30.1. The summed E-state index contributed by atoms with van der Waals surface area (Å²) in [5.74, 6) is 0. The molecule has 0 aliphatic carbocycles. The Morgan fingerprint density at radius 3 is 2.06 bits per heavy atom. The zero-order valence-electron chi connectivity index (χ0n) is 18.9. The van der Waals surface area contributed by atoms with E-state index in [2.05, 4.69) is 12.2 Å². The Morgan fingerprint density at radius 2 is 1.47 bits per heavy atom. The van der Waals surface area contributed by atoms with Gasteiger partial charge in [0.1, 0.15) is 42.7 Å². The number of nitrogens with one attached hydrogen (secondary N) is 1. The van der Waals surface area contributed by atoms with Crippen LogP contribution in [-0.4, -0.2) is 122 Å². The summed E-state index contributed by atoms with van der Waals surface area (Å²) in [7, 11) is 0. The summed E-state index contributed by atoms with van der Waals surface area (Å²) in [5.41, 5.74) is 0. The van der Waals surface area contributed by atoms with Crippen molar-refractivity contribution in [1.82, 2.24) is 5.32 Å². The molecule has 1 rings (SSSR count). The van der Waals surface area contributed by atoms with E-state index in [1.54, 1.807) is 0 Å². The van der Waals surface area contributed by atoms with E-state index in [0.29, 0.717) is 6.54 Å². The topological polar surface area (TPSA) is 192 Å². The average Bonchev–Trinajstić information content (AvgIpc) is 2.80. The third kappa shape index (κ3) is 9.43. The SMILES string of the molecule is CCCCCCCCCNC[C@H](O)[C@@H](O)[C@H](O[C@@H]1O[C@H](CO)[C@H](O)[C@H](O)[C@H]1O)[C@H](O)CO. The monoisotopic (exact) mass is 469 g/mol. The van der Waals surface area contributed by atoms with Crippen LogP contribution in [0.2, 0.25) is 0 Å². The molecule has 0 bridgehead atoms. The predicted molar refractivity (Wildman–Crippen MR) is 115 cm³/mol. The van der Waals surface area contributed by atoms with Crippen molar-refractivity contribution >= 4 is 0 Å². The van der Waals surface area contributed by atoms with Crippen LogP contribution in [0.3, 0.4) is 0 Å². The van der Waals surface area contributed by atoms with Crippen molar-refractivity contribution in [2.45, 2.75) is 107 Å². The Morgan fingerprint density at radius 1 is 0.844 bits per heavy atom. The number of unbranched alkanes of at least 4 members (excludes halogenated alkanes) is 6.